The Morgan fingerprint density at radius 2 is 2.11 bits per heavy atom. The highest BCUT2D eigenvalue weighted by Crippen LogP contribution is 2.53. The van der Waals surface area contributed by atoms with Crippen LogP contribution in [0.25, 0.3) is 0 Å². The van der Waals surface area contributed by atoms with Crippen LogP contribution in [-0.2, 0) is 9.53 Å². The van der Waals surface area contributed by atoms with E-state index in [1.807, 2.05) is 13.0 Å². The number of ether oxygens (including phenoxy) is 1. The zero-order valence-electron chi connectivity index (χ0n) is 17.8. The van der Waals surface area contributed by atoms with Gasteiger partial charge in [-0.2, -0.15) is 5.26 Å². The van der Waals surface area contributed by atoms with E-state index >= 15 is 0 Å². The highest BCUT2D eigenvalue weighted by atomic mass is 19.1. The van der Waals surface area contributed by atoms with Gasteiger partial charge in [-0.25, -0.2) is 9.38 Å². The maximum Gasteiger partial charge on any atom is 0.237 e. The number of rotatable bonds is 4. The summed E-state index contributed by atoms with van der Waals surface area (Å²) in [6.07, 6.45) is 0.687. The summed E-state index contributed by atoms with van der Waals surface area (Å²) in [6.45, 7) is 8.33. The van der Waals surface area contributed by atoms with Crippen molar-refractivity contribution in [3.05, 3.63) is 0 Å². The lowest BCUT2D eigenvalue weighted by Gasteiger charge is -2.41. The fraction of sp³-hybridized carbons (Fsp3) is 0.800. The number of likely N-dealkylation sites (tertiary alicyclic amines) is 1. The number of alkyl halides is 1. The number of nitrogens with zero attached hydrogens (tertiary/aromatic N) is 4. The van der Waals surface area contributed by atoms with E-state index in [9.17, 15) is 9.18 Å². The molecule has 1 aliphatic carbocycles. The van der Waals surface area contributed by atoms with Crippen LogP contribution in [0.15, 0.2) is 9.98 Å². The predicted octanol–water partition coefficient (Wildman–Crippen LogP) is 2.33. The number of halogens is 1. The van der Waals surface area contributed by atoms with E-state index in [0.717, 1.165) is 12.8 Å². The normalized spacial score (nSPS) is 33.1. The van der Waals surface area contributed by atoms with E-state index in [-0.39, 0.29) is 42.3 Å². The number of aliphatic imine (C=N–C) groups is 2. The molecule has 0 aromatic rings. The van der Waals surface area contributed by atoms with Crippen molar-refractivity contribution in [2.45, 2.75) is 65.2 Å². The standard InChI is InChI=1S/C20H32FN5O2/c1-13(23-5)25-18(28-6)20(4)8-7-16(19(20,2)3)24-11-17(27)26-12-14(21)9-15(26)10-22/h14-16,24H,7-9,11-12H2,1-6H3/t14-,15-,16-,20-/m0/s1. The molecule has 0 spiro atoms. The van der Waals surface area contributed by atoms with Gasteiger partial charge in [0.1, 0.15) is 18.0 Å². The van der Waals surface area contributed by atoms with Gasteiger partial charge in [0.25, 0.3) is 0 Å². The molecule has 1 amide bonds. The van der Waals surface area contributed by atoms with Gasteiger partial charge in [-0.05, 0) is 25.2 Å². The molecule has 1 saturated heterocycles. The van der Waals surface area contributed by atoms with Crippen LogP contribution in [-0.4, -0.2) is 68.0 Å². The molecule has 0 unspecified atom stereocenters. The van der Waals surface area contributed by atoms with Crippen molar-refractivity contribution in [3.8, 4) is 6.07 Å². The quantitative estimate of drug-likeness (QED) is 0.586. The minimum absolute atomic E-state index is 0.000620. The predicted molar refractivity (Wildman–Crippen MR) is 107 cm³/mol. The third-order valence-corrected chi connectivity index (χ3v) is 6.70. The van der Waals surface area contributed by atoms with E-state index < -0.39 is 12.2 Å². The van der Waals surface area contributed by atoms with E-state index in [2.05, 4.69) is 36.1 Å². The second-order valence-corrected chi connectivity index (χ2v) is 8.44. The minimum atomic E-state index is -1.12. The molecule has 0 bridgehead atoms. The second-order valence-electron chi connectivity index (χ2n) is 8.44. The number of amidine groups is 1. The summed E-state index contributed by atoms with van der Waals surface area (Å²) in [5.74, 6) is 1.06. The van der Waals surface area contributed by atoms with Crippen molar-refractivity contribution >= 4 is 17.6 Å². The highest BCUT2D eigenvalue weighted by molar-refractivity contribution is 5.96. The minimum Gasteiger partial charge on any atom is -0.484 e. The third kappa shape index (κ3) is 4.04. The Bertz CT molecular complexity index is 699. The summed E-state index contributed by atoms with van der Waals surface area (Å²) in [6, 6.07) is 1.41. The Kier molecular flexibility index (Phi) is 6.81. The molecule has 0 radical (unpaired) electrons. The summed E-state index contributed by atoms with van der Waals surface area (Å²) in [5.41, 5.74) is -0.556. The monoisotopic (exact) mass is 393 g/mol. The fourth-order valence-electron chi connectivity index (χ4n) is 4.33. The molecule has 156 valence electrons. The van der Waals surface area contributed by atoms with Gasteiger partial charge in [-0.15, -0.1) is 0 Å². The van der Waals surface area contributed by atoms with Gasteiger partial charge in [0.2, 0.25) is 5.91 Å². The molecule has 1 N–H and O–H groups in total. The summed E-state index contributed by atoms with van der Waals surface area (Å²) >= 11 is 0. The maximum absolute atomic E-state index is 13.6. The summed E-state index contributed by atoms with van der Waals surface area (Å²) in [4.78, 5) is 22.5. The Morgan fingerprint density at radius 1 is 1.43 bits per heavy atom. The van der Waals surface area contributed by atoms with Crippen LogP contribution in [0.2, 0.25) is 0 Å². The van der Waals surface area contributed by atoms with E-state index in [4.69, 9.17) is 10.00 Å². The number of amides is 1. The van der Waals surface area contributed by atoms with Crippen LogP contribution in [0, 0.1) is 22.2 Å². The lowest BCUT2D eigenvalue weighted by Crippen LogP contribution is -2.51. The molecule has 7 nitrogen and oxygen atoms in total. The topological polar surface area (TPSA) is 90.1 Å². The maximum atomic E-state index is 13.6. The summed E-state index contributed by atoms with van der Waals surface area (Å²) in [5, 5.41) is 12.5. The first-order valence-electron chi connectivity index (χ1n) is 9.73. The molecule has 2 fully saturated rings. The number of hydrogen-bond acceptors (Lipinski definition) is 5. The lowest BCUT2D eigenvalue weighted by atomic mass is 9.67. The van der Waals surface area contributed by atoms with E-state index in [1.54, 1.807) is 14.2 Å². The second kappa shape index (κ2) is 8.56. The Morgan fingerprint density at radius 3 is 2.68 bits per heavy atom. The number of hydrogen-bond donors (Lipinski definition) is 1. The molecular formula is C20H32FN5O2. The number of methoxy groups -OCH3 is 1. The van der Waals surface area contributed by atoms with E-state index in [1.165, 1.54) is 4.90 Å². The van der Waals surface area contributed by atoms with Gasteiger partial charge in [-0.1, -0.05) is 20.8 Å². The fourth-order valence-corrected chi connectivity index (χ4v) is 4.33. The average molecular weight is 394 g/mol. The van der Waals surface area contributed by atoms with Crippen molar-refractivity contribution in [2.24, 2.45) is 20.8 Å². The lowest BCUT2D eigenvalue weighted by molar-refractivity contribution is -0.130. The van der Waals surface area contributed by atoms with Gasteiger partial charge in [0, 0.05) is 19.5 Å². The van der Waals surface area contributed by atoms with Crippen molar-refractivity contribution < 1.29 is 13.9 Å². The van der Waals surface area contributed by atoms with Gasteiger partial charge >= 0.3 is 0 Å². The number of nitriles is 1. The van der Waals surface area contributed by atoms with Gasteiger partial charge in [0.15, 0.2) is 5.90 Å². The smallest absolute Gasteiger partial charge is 0.237 e. The third-order valence-electron chi connectivity index (χ3n) is 6.70. The van der Waals surface area contributed by atoms with Crippen LogP contribution in [0.5, 0.6) is 0 Å². The van der Waals surface area contributed by atoms with Crippen LogP contribution in [0.1, 0.15) is 47.0 Å². The first kappa shape index (κ1) is 22.3. The average Bonchev–Trinajstić information content (AvgIpc) is 3.15. The SMILES string of the molecule is CN=C(C)N=C(OC)[C@]1(C)CC[C@H](NCC(=O)N2C[C@@H](F)C[C@H]2C#N)C1(C)C. The molecule has 0 aromatic heterocycles. The molecule has 8 heteroatoms. The van der Waals surface area contributed by atoms with Crippen LogP contribution in [0.3, 0.4) is 0 Å². The first-order valence-corrected chi connectivity index (χ1v) is 9.73. The van der Waals surface area contributed by atoms with Gasteiger partial charge in [-0.3, -0.25) is 9.79 Å². The number of carbonyl (C=O) groups excluding carboxylic acids is 1. The summed E-state index contributed by atoms with van der Waals surface area (Å²) < 4.78 is 19.2. The molecule has 0 aromatic carbocycles. The number of nitrogens with one attached hydrogen (secondary N) is 1. The Hall–Kier alpha value is -2.01. The largest absolute Gasteiger partial charge is 0.484 e. The Labute approximate surface area is 167 Å². The molecule has 1 saturated carbocycles. The zero-order valence-corrected chi connectivity index (χ0v) is 17.8. The zero-order chi connectivity index (χ0) is 21.1. The van der Waals surface area contributed by atoms with Crippen molar-refractivity contribution in [2.75, 3.05) is 27.2 Å². The Balaban J connectivity index is 2.10. The van der Waals surface area contributed by atoms with Crippen molar-refractivity contribution in [3.63, 3.8) is 0 Å². The van der Waals surface area contributed by atoms with Crippen LogP contribution < -0.4 is 5.32 Å². The summed E-state index contributed by atoms with van der Waals surface area (Å²) in [7, 11) is 3.31. The van der Waals surface area contributed by atoms with Crippen molar-refractivity contribution in [1.82, 2.24) is 10.2 Å². The van der Waals surface area contributed by atoms with Crippen molar-refractivity contribution in [1.29, 1.82) is 5.26 Å². The molecular weight excluding hydrogens is 361 g/mol. The first-order chi connectivity index (χ1) is 13.1. The molecule has 1 heterocycles. The molecule has 28 heavy (non-hydrogen) atoms. The van der Waals surface area contributed by atoms with E-state index in [0.29, 0.717) is 11.7 Å². The molecule has 2 aliphatic rings. The number of carbonyl (C=O) groups is 1. The molecule has 2 rings (SSSR count). The molecule has 1 aliphatic heterocycles. The van der Waals surface area contributed by atoms with Gasteiger partial charge < -0.3 is 15.0 Å². The molecule has 4 atom stereocenters. The van der Waals surface area contributed by atoms with Crippen LogP contribution in [0.4, 0.5) is 4.39 Å². The highest BCUT2D eigenvalue weighted by Gasteiger charge is 2.55. The van der Waals surface area contributed by atoms with Gasteiger partial charge in [0.05, 0.1) is 31.7 Å². The van der Waals surface area contributed by atoms with Crippen LogP contribution >= 0.6 is 0 Å².